The number of nitrogens with one attached hydrogen (secondary N) is 1. The number of anilines is 2. The van der Waals surface area contributed by atoms with E-state index in [9.17, 15) is 13.2 Å². The lowest BCUT2D eigenvalue weighted by atomic mass is 10.1. The summed E-state index contributed by atoms with van der Waals surface area (Å²) in [6.07, 6.45) is 5.78. The number of nitrogens with two attached hydrogens (primary N) is 1. The second-order valence-corrected chi connectivity index (χ2v) is 8.92. The molecule has 0 aliphatic carbocycles. The van der Waals surface area contributed by atoms with Gasteiger partial charge in [0, 0.05) is 18.5 Å². The predicted octanol–water partition coefficient (Wildman–Crippen LogP) is 4.63. The van der Waals surface area contributed by atoms with Crippen LogP contribution in [0.3, 0.4) is 0 Å². The minimum absolute atomic E-state index is 0.181. The number of carbonyl (C=O) groups is 1. The molecule has 160 valence electrons. The lowest BCUT2D eigenvalue weighted by Crippen LogP contribution is -2.10. The SMILES string of the molecule is Nc1ccccc1NC(=O)C=Cc1ccn(S(=O)(=O)c2ccc(-c3ccccc3)cc2)c1. The van der Waals surface area contributed by atoms with Crippen molar-refractivity contribution in [2.24, 2.45) is 0 Å². The van der Waals surface area contributed by atoms with Gasteiger partial charge in [0.25, 0.3) is 10.0 Å². The fourth-order valence-corrected chi connectivity index (χ4v) is 4.37. The number of amides is 1. The molecule has 6 nitrogen and oxygen atoms in total. The maximum Gasteiger partial charge on any atom is 0.267 e. The molecule has 0 fully saturated rings. The van der Waals surface area contributed by atoms with Crippen LogP contribution in [0.25, 0.3) is 17.2 Å². The van der Waals surface area contributed by atoms with Gasteiger partial charge in [0.05, 0.1) is 16.3 Å². The van der Waals surface area contributed by atoms with Gasteiger partial charge in [-0.2, -0.15) is 0 Å². The highest BCUT2D eigenvalue weighted by Gasteiger charge is 2.16. The van der Waals surface area contributed by atoms with E-state index in [0.29, 0.717) is 16.9 Å². The van der Waals surface area contributed by atoms with Gasteiger partial charge in [-0.3, -0.25) is 4.79 Å². The average molecular weight is 444 g/mol. The molecule has 0 radical (unpaired) electrons. The minimum atomic E-state index is -3.74. The molecule has 32 heavy (non-hydrogen) atoms. The van der Waals surface area contributed by atoms with E-state index in [1.807, 2.05) is 30.3 Å². The summed E-state index contributed by atoms with van der Waals surface area (Å²) in [5.41, 5.74) is 9.32. The molecule has 1 amide bonds. The van der Waals surface area contributed by atoms with Crippen molar-refractivity contribution in [3.05, 3.63) is 109 Å². The first kappa shape index (κ1) is 21.1. The summed E-state index contributed by atoms with van der Waals surface area (Å²) in [6, 6.07) is 25.0. The van der Waals surface area contributed by atoms with Crippen LogP contribution in [0, 0.1) is 0 Å². The Balaban J connectivity index is 1.48. The molecular formula is C25H21N3O3S. The summed E-state index contributed by atoms with van der Waals surface area (Å²) in [7, 11) is -3.74. The molecule has 7 heteroatoms. The number of para-hydroxylation sites is 2. The number of nitrogens with zero attached hydrogens (tertiary/aromatic N) is 1. The van der Waals surface area contributed by atoms with E-state index in [0.717, 1.165) is 15.1 Å². The first-order valence-corrected chi connectivity index (χ1v) is 11.3. The molecule has 0 unspecified atom stereocenters. The Bertz CT molecular complexity index is 1370. The van der Waals surface area contributed by atoms with Crippen LogP contribution in [0.4, 0.5) is 11.4 Å². The average Bonchev–Trinajstić information content (AvgIpc) is 3.30. The predicted molar refractivity (Wildman–Crippen MR) is 127 cm³/mol. The first-order valence-electron chi connectivity index (χ1n) is 9.86. The number of hydrogen-bond acceptors (Lipinski definition) is 4. The molecule has 4 aromatic rings. The first-order chi connectivity index (χ1) is 15.4. The molecule has 0 spiro atoms. The van der Waals surface area contributed by atoms with Crippen LogP contribution in [0.5, 0.6) is 0 Å². The van der Waals surface area contributed by atoms with Crippen molar-refractivity contribution >= 4 is 33.4 Å². The molecule has 0 aliphatic heterocycles. The molecule has 3 aromatic carbocycles. The van der Waals surface area contributed by atoms with Gasteiger partial charge in [-0.05, 0) is 53.1 Å². The Hall–Kier alpha value is -4.10. The molecule has 0 saturated heterocycles. The maximum atomic E-state index is 13.0. The van der Waals surface area contributed by atoms with Crippen LogP contribution in [0.1, 0.15) is 5.56 Å². The van der Waals surface area contributed by atoms with Crippen molar-refractivity contribution < 1.29 is 13.2 Å². The largest absolute Gasteiger partial charge is 0.397 e. The Kier molecular flexibility index (Phi) is 5.91. The Morgan fingerprint density at radius 1 is 0.844 bits per heavy atom. The molecule has 0 aliphatic rings. The van der Waals surface area contributed by atoms with Crippen LogP contribution < -0.4 is 11.1 Å². The molecule has 0 bridgehead atoms. The zero-order valence-corrected chi connectivity index (χ0v) is 17.9. The third-order valence-corrected chi connectivity index (χ3v) is 6.52. The normalized spacial score (nSPS) is 11.5. The van der Waals surface area contributed by atoms with Crippen LogP contribution in [-0.2, 0) is 14.8 Å². The van der Waals surface area contributed by atoms with Crippen LogP contribution in [0.2, 0.25) is 0 Å². The summed E-state index contributed by atoms with van der Waals surface area (Å²) in [5, 5.41) is 2.69. The zero-order valence-electron chi connectivity index (χ0n) is 17.0. The van der Waals surface area contributed by atoms with Crippen molar-refractivity contribution in [3.63, 3.8) is 0 Å². The number of benzene rings is 3. The third-order valence-electron chi connectivity index (χ3n) is 4.87. The Morgan fingerprint density at radius 3 is 2.22 bits per heavy atom. The number of carbonyl (C=O) groups excluding carboxylic acids is 1. The maximum absolute atomic E-state index is 13.0. The molecule has 0 atom stereocenters. The second kappa shape index (κ2) is 8.95. The molecular weight excluding hydrogens is 422 g/mol. The van der Waals surface area contributed by atoms with E-state index < -0.39 is 10.0 Å². The smallest absolute Gasteiger partial charge is 0.267 e. The molecule has 4 rings (SSSR count). The van der Waals surface area contributed by atoms with Gasteiger partial charge in [0.2, 0.25) is 5.91 Å². The van der Waals surface area contributed by atoms with E-state index >= 15 is 0 Å². The summed E-state index contributed by atoms with van der Waals surface area (Å²) >= 11 is 0. The van der Waals surface area contributed by atoms with Gasteiger partial charge in [0.15, 0.2) is 0 Å². The van der Waals surface area contributed by atoms with Crippen molar-refractivity contribution in [1.29, 1.82) is 0 Å². The molecule has 1 heterocycles. The number of rotatable bonds is 6. The van der Waals surface area contributed by atoms with Crippen LogP contribution >= 0.6 is 0 Å². The Morgan fingerprint density at radius 2 is 1.50 bits per heavy atom. The standard InChI is InChI=1S/C25H21N3O3S/c26-23-8-4-5-9-24(23)27-25(29)15-10-19-16-17-28(18-19)32(30,31)22-13-11-21(12-14-22)20-6-2-1-3-7-20/h1-18H,26H2,(H,27,29). The quantitative estimate of drug-likeness (QED) is 0.336. The van der Waals surface area contributed by atoms with Gasteiger partial charge >= 0.3 is 0 Å². The van der Waals surface area contributed by atoms with Crippen molar-refractivity contribution in [2.75, 3.05) is 11.1 Å². The lowest BCUT2D eigenvalue weighted by Gasteiger charge is -2.07. The van der Waals surface area contributed by atoms with Crippen LogP contribution in [0.15, 0.2) is 108 Å². The molecule has 0 saturated carbocycles. The summed E-state index contributed by atoms with van der Waals surface area (Å²) in [4.78, 5) is 12.3. The highest BCUT2D eigenvalue weighted by molar-refractivity contribution is 7.90. The molecule has 3 N–H and O–H groups in total. The van der Waals surface area contributed by atoms with Gasteiger partial charge in [0.1, 0.15) is 0 Å². The number of nitrogen functional groups attached to an aromatic ring is 1. The summed E-state index contributed by atoms with van der Waals surface area (Å²) in [5.74, 6) is -0.366. The van der Waals surface area contributed by atoms with Gasteiger partial charge in [-0.1, -0.05) is 54.6 Å². The highest BCUT2D eigenvalue weighted by atomic mass is 32.2. The Labute approximate surface area is 186 Å². The van der Waals surface area contributed by atoms with Crippen LogP contribution in [-0.4, -0.2) is 18.3 Å². The summed E-state index contributed by atoms with van der Waals surface area (Å²) < 4.78 is 27.1. The van der Waals surface area contributed by atoms with Crippen molar-refractivity contribution in [1.82, 2.24) is 3.97 Å². The van der Waals surface area contributed by atoms with E-state index in [1.54, 1.807) is 60.7 Å². The number of aromatic nitrogens is 1. The van der Waals surface area contributed by atoms with E-state index in [2.05, 4.69) is 5.32 Å². The minimum Gasteiger partial charge on any atom is -0.397 e. The van der Waals surface area contributed by atoms with Gasteiger partial charge in [-0.15, -0.1) is 0 Å². The fourth-order valence-electron chi connectivity index (χ4n) is 3.17. The monoisotopic (exact) mass is 443 g/mol. The lowest BCUT2D eigenvalue weighted by molar-refractivity contribution is -0.111. The second-order valence-electron chi connectivity index (χ2n) is 7.08. The van der Waals surface area contributed by atoms with E-state index in [4.69, 9.17) is 5.73 Å². The summed E-state index contributed by atoms with van der Waals surface area (Å²) in [6.45, 7) is 0. The zero-order chi connectivity index (χ0) is 22.6. The highest BCUT2D eigenvalue weighted by Crippen LogP contribution is 2.23. The molecule has 1 aromatic heterocycles. The topological polar surface area (TPSA) is 94.2 Å². The van der Waals surface area contributed by atoms with E-state index in [-0.39, 0.29) is 10.8 Å². The van der Waals surface area contributed by atoms with Gasteiger partial charge in [-0.25, -0.2) is 12.4 Å². The van der Waals surface area contributed by atoms with Crippen molar-refractivity contribution in [2.45, 2.75) is 4.90 Å². The van der Waals surface area contributed by atoms with Crippen molar-refractivity contribution in [3.8, 4) is 11.1 Å². The fraction of sp³-hybridized carbons (Fsp3) is 0. The van der Waals surface area contributed by atoms with Gasteiger partial charge < -0.3 is 11.1 Å². The number of hydrogen-bond donors (Lipinski definition) is 2. The third kappa shape index (κ3) is 4.63. The van der Waals surface area contributed by atoms with E-state index in [1.165, 1.54) is 18.5 Å².